The van der Waals surface area contributed by atoms with E-state index in [9.17, 15) is 5.11 Å². The molecule has 22 heavy (non-hydrogen) atoms. The number of amidine groups is 1. The van der Waals surface area contributed by atoms with Crippen LogP contribution < -0.4 is 11.1 Å². The number of hydrogen-bond donors (Lipinski definition) is 3. The number of aliphatic hydroxyl groups is 1. The lowest BCUT2D eigenvalue weighted by Gasteiger charge is -2.49. The van der Waals surface area contributed by atoms with Gasteiger partial charge in [0, 0.05) is 23.8 Å². The molecule has 2 fully saturated rings. The Hall–Kier alpha value is -0.360. The Kier molecular flexibility index (Phi) is 4.45. The van der Waals surface area contributed by atoms with Crippen LogP contribution in [0, 0.1) is 17.8 Å². The molecule has 1 saturated heterocycles. The predicted molar refractivity (Wildman–Crippen MR) is 90.1 cm³/mol. The number of fused-ring (bicyclic) bond motifs is 1. The highest BCUT2D eigenvalue weighted by molar-refractivity contribution is 6.20. The van der Waals surface area contributed by atoms with Gasteiger partial charge in [-0.15, -0.1) is 11.6 Å². The van der Waals surface area contributed by atoms with Crippen LogP contribution in [0.2, 0.25) is 0 Å². The number of piperidine rings is 1. The number of hydrogen-bond acceptors (Lipinski definition) is 5. The summed E-state index contributed by atoms with van der Waals surface area (Å²) < 4.78 is 0. The monoisotopic (exact) mass is 328 g/mol. The molecule has 7 atom stereocenters. The first-order chi connectivity index (χ1) is 10.3. The van der Waals surface area contributed by atoms with Crippen molar-refractivity contribution in [2.24, 2.45) is 28.5 Å². The first-order valence-electron chi connectivity index (χ1n) is 8.44. The van der Waals surface area contributed by atoms with Crippen molar-refractivity contribution in [3.05, 3.63) is 0 Å². The zero-order chi connectivity index (χ0) is 16.1. The molecule has 0 bridgehead atoms. The minimum atomic E-state index is -1.03. The number of rotatable bonds is 2. The summed E-state index contributed by atoms with van der Waals surface area (Å²) in [7, 11) is 4.07. The van der Waals surface area contributed by atoms with Crippen molar-refractivity contribution in [1.82, 2.24) is 10.2 Å². The summed E-state index contributed by atoms with van der Waals surface area (Å²) >= 11 is 6.40. The molecular weight excluding hydrogens is 300 g/mol. The van der Waals surface area contributed by atoms with Crippen LogP contribution >= 0.6 is 11.6 Å². The highest BCUT2D eigenvalue weighted by Gasteiger charge is 2.58. The maximum Gasteiger partial charge on any atom is 0.132 e. The van der Waals surface area contributed by atoms with Gasteiger partial charge < -0.3 is 10.8 Å². The van der Waals surface area contributed by atoms with Crippen LogP contribution in [0.5, 0.6) is 0 Å². The Bertz CT molecular complexity index is 457. The van der Waals surface area contributed by atoms with Crippen molar-refractivity contribution < 1.29 is 5.11 Å². The SMILES string of the molecule is CC1CCC2N=C(N)C(O)(C3CC(Cl)CNC3N(C)C)C2C1. The smallest absolute Gasteiger partial charge is 0.132 e. The van der Waals surface area contributed by atoms with Crippen molar-refractivity contribution in [2.45, 2.75) is 55.8 Å². The van der Waals surface area contributed by atoms with E-state index in [0.29, 0.717) is 11.8 Å². The van der Waals surface area contributed by atoms with Crippen LogP contribution in [0.15, 0.2) is 4.99 Å². The third kappa shape index (κ3) is 2.56. The summed E-state index contributed by atoms with van der Waals surface area (Å²) in [5.41, 5.74) is 5.23. The number of halogens is 1. The van der Waals surface area contributed by atoms with E-state index in [1.54, 1.807) is 0 Å². The van der Waals surface area contributed by atoms with E-state index in [0.717, 1.165) is 25.8 Å². The fraction of sp³-hybridized carbons (Fsp3) is 0.938. The lowest BCUT2D eigenvalue weighted by Crippen LogP contribution is -2.66. The lowest BCUT2D eigenvalue weighted by atomic mass is 9.65. The number of nitrogens with two attached hydrogens (primary N) is 1. The van der Waals surface area contributed by atoms with Crippen LogP contribution in [0.3, 0.4) is 0 Å². The molecule has 126 valence electrons. The molecule has 0 aromatic rings. The summed E-state index contributed by atoms with van der Waals surface area (Å²) in [6.07, 6.45) is 4.04. The van der Waals surface area contributed by atoms with E-state index in [1.807, 2.05) is 14.1 Å². The molecule has 0 aromatic heterocycles. The van der Waals surface area contributed by atoms with Gasteiger partial charge in [-0.3, -0.25) is 15.2 Å². The Morgan fingerprint density at radius 3 is 2.73 bits per heavy atom. The quantitative estimate of drug-likeness (QED) is 0.661. The van der Waals surface area contributed by atoms with Gasteiger partial charge in [0.2, 0.25) is 0 Å². The van der Waals surface area contributed by atoms with Gasteiger partial charge in [-0.1, -0.05) is 6.92 Å². The molecule has 3 rings (SSSR count). The van der Waals surface area contributed by atoms with Gasteiger partial charge in [0.05, 0.1) is 12.2 Å². The molecule has 5 nitrogen and oxygen atoms in total. The average molecular weight is 329 g/mol. The van der Waals surface area contributed by atoms with Gasteiger partial charge in [-0.25, -0.2) is 0 Å². The minimum Gasteiger partial charge on any atom is -0.385 e. The van der Waals surface area contributed by atoms with Gasteiger partial charge >= 0.3 is 0 Å². The highest BCUT2D eigenvalue weighted by Crippen LogP contribution is 2.48. The van der Waals surface area contributed by atoms with Gasteiger partial charge in [0.15, 0.2) is 0 Å². The topological polar surface area (TPSA) is 73.9 Å². The number of alkyl halides is 1. The fourth-order valence-electron chi connectivity index (χ4n) is 4.77. The maximum atomic E-state index is 11.7. The van der Waals surface area contributed by atoms with Crippen molar-refractivity contribution in [3.8, 4) is 0 Å². The summed E-state index contributed by atoms with van der Waals surface area (Å²) in [6, 6.07) is 0.180. The molecule has 3 aliphatic rings. The largest absolute Gasteiger partial charge is 0.385 e. The van der Waals surface area contributed by atoms with Crippen molar-refractivity contribution >= 4 is 17.4 Å². The molecule has 0 amide bonds. The molecule has 0 spiro atoms. The Labute approximate surface area is 138 Å². The van der Waals surface area contributed by atoms with Gasteiger partial charge in [0.25, 0.3) is 0 Å². The van der Waals surface area contributed by atoms with Gasteiger partial charge in [-0.2, -0.15) is 0 Å². The van der Waals surface area contributed by atoms with Gasteiger partial charge in [-0.05, 0) is 45.7 Å². The van der Waals surface area contributed by atoms with Crippen molar-refractivity contribution in [2.75, 3.05) is 20.6 Å². The van der Waals surface area contributed by atoms with E-state index in [-0.39, 0.29) is 29.4 Å². The van der Waals surface area contributed by atoms with E-state index >= 15 is 0 Å². The van der Waals surface area contributed by atoms with Crippen LogP contribution in [-0.2, 0) is 0 Å². The second-order valence-corrected chi connectivity index (χ2v) is 8.31. The number of nitrogens with zero attached hydrogens (tertiary/aromatic N) is 2. The molecule has 1 aliphatic carbocycles. The standard InChI is InChI=1S/C16H29ClN4O/c1-9-4-5-13-11(6-9)16(22,15(18)20-13)12-7-10(17)8-19-14(12)21(2)3/h9-14,19,22H,4-8H2,1-3H3,(H2,18,20). The highest BCUT2D eigenvalue weighted by atomic mass is 35.5. The van der Waals surface area contributed by atoms with E-state index in [1.165, 1.54) is 6.42 Å². The second kappa shape index (κ2) is 5.93. The fourth-order valence-corrected chi connectivity index (χ4v) is 5.05. The maximum absolute atomic E-state index is 11.7. The molecule has 4 N–H and O–H groups in total. The third-order valence-corrected chi connectivity index (χ3v) is 6.25. The molecule has 2 aliphatic heterocycles. The minimum absolute atomic E-state index is 0.0252. The first-order valence-corrected chi connectivity index (χ1v) is 8.87. The summed E-state index contributed by atoms with van der Waals surface area (Å²) in [5, 5.41) is 15.2. The first kappa shape index (κ1) is 16.5. The van der Waals surface area contributed by atoms with E-state index < -0.39 is 5.60 Å². The molecule has 6 heteroatoms. The summed E-state index contributed by atoms with van der Waals surface area (Å²) in [6.45, 7) is 3.02. The molecule has 7 unspecified atom stereocenters. The van der Waals surface area contributed by atoms with E-state index in [4.69, 9.17) is 17.3 Å². The Morgan fingerprint density at radius 1 is 1.32 bits per heavy atom. The van der Waals surface area contributed by atoms with Gasteiger partial charge in [0.1, 0.15) is 11.4 Å². The van der Waals surface area contributed by atoms with E-state index in [2.05, 4.69) is 22.1 Å². The number of nitrogens with one attached hydrogen (secondary N) is 1. The average Bonchev–Trinajstić information content (AvgIpc) is 2.71. The summed E-state index contributed by atoms with van der Waals surface area (Å²) in [5.74, 6) is 1.16. The lowest BCUT2D eigenvalue weighted by molar-refractivity contribution is -0.0672. The normalized spacial score (nSPS) is 49.1. The molecule has 2 heterocycles. The predicted octanol–water partition coefficient (Wildman–Crippen LogP) is 0.998. The van der Waals surface area contributed by atoms with Crippen LogP contribution in [0.1, 0.15) is 32.6 Å². The van der Waals surface area contributed by atoms with Crippen LogP contribution in [-0.4, -0.2) is 59.7 Å². The number of aliphatic imine (C=N–C) groups is 1. The molecule has 0 radical (unpaired) electrons. The molecule has 1 saturated carbocycles. The summed E-state index contributed by atoms with van der Waals surface area (Å²) in [4.78, 5) is 6.77. The third-order valence-electron chi connectivity index (χ3n) is 5.92. The zero-order valence-electron chi connectivity index (χ0n) is 13.8. The van der Waals surface area contributed by atoms with Crippen molar-refractivity contribution in [3.63, 3.8) is 0 Å². The zero-order valence-corrected chi connectivity index (χ0v) is 14.6. The Morgan fingerprint density at radius 2 is 2.05 bits per heavy atom. The molecule has 0 aromatic carbocycles. The second-order valence-electron chi connectivity index (χ2n) is 7.69. The van der Waals surface area contributed by atoms with Crippen LogP contribution in [0.25, 0.3) is 0 Å². The van der Waals surface area contributed by atoms with Crippen LogP contribution in [0.4, 0.5) is 0 Å². The molecular formula is C16H29ClN4O. The van der Waals surface area contributed by atoms with Crippen molar-refractivity contribution in [1.29, 1.82) is 0 Å². The Balaban J connectivity index is 1.93.